The van der Waals surface area contributed by atoms with E-state index in [1.54, 1.807) is 60.7 Å². The number of anilines is 2. The number of carbonyl (C=O) groups is 2. The van der Waals surface area contributed by atoms with Gasteiger partial charge in [0.25, 0.3) is 5.91 Å². The summed E-state index contributed by atoms with van der Waals surface area (Å²) in [7, 11) is 0. The van der Waals surface area contributed by atoms with Gasteiger partial charge < -0.3 is 32.5 Å². The zero-order valence-electron chi connectivity index (χ0n) is 24.6. The van der Waals surface area contributed by atoms with Crippen LogP contribution < -0.4 is 27.4 Å². The molecule has 0 unspecified atom stereocenters. The van der Waals surface area contributed by atoms with Crippen molar-refractivity contribution in [3.8, 4) is 16.9 Å². The molecule has 2 amide bonds. The van der Waals surface area contributed by atoms with Crippen LogP contribution in [-0.4, -0.2) is 28.8 Å². The van der Waals surface area contributed by atoms with Gasteiger partial charge in [0.15, 0.2) is 0 Å². The van der Waals surface area contributed by atoms with Gasteiger partial charge in [-0.3, -0.25) is 15.0 Å². The van der Waals surface area contributed by atoms with Crippen molar-refractivity contribution in [3.05, 3.63) is 110 Å². The van der Waals surface area contributed by atoms with Crippen LogP contribution in [0.3, 0.4) is 0 Å². The molecule has 45 heavy (non-hydrogen) atoms. The molecule has 0 saturated heterocycles. The molecule has 0 saturated carbocycles. The third-order valence-corrected chi connectivity index (χ3v) is 7.73. The molecule has 0 fully saturated rings. The van der Waals surface area contributed by atoms with Crippen LogP contribution in [0.2, 0.25) is 15.1 Å². The van der Waals surface area contributed by atoms with E-state index < -0.39 is 5.91 Å². The van der Waals surface area contributed by atoms with Gasteiger partial charge in [-0.2, -0.15) is 0 Å². The van der Waals surface area contributed by atoms with E-state index in [2.05, 4.69) is 16.0 Å². The second kappa shape index (κ2) is 14.6. The molecule has 12 heteroatoms. The number of carbonyl (C=O) groups excluding carboxylic acids is 2. The average Bonchev–Trinajstić information content (AvgIpc) is 2.97. The molecule has 0 bridgehead atoms. The summed E-state index contributed by atoms with van der Waals surface area (Å²) in [4.78, 5) is 26.4. The first-order valence-electron chi connectivity index (χ1n) is 14.0. The molecule has 9 N–H and O–H groups in total. The molecule has 4 aromatic rings. The number of hydrogen-bond donors (Lipinski definition) is 7. The lowest BCUT2D eigenvalue weighted by Gasteiger charge is -2.20. The zero-order chi connectivity index (χ0) is 32.8. The van der Waals surface area contributed by atoms with E-state index in [-0.39, 0.29) is 64.9 Å². The highest BCUT2D eigenvalue weighted by molar-refractivity contribution is 6.35. The summed E-state index contributed by atoms with van der Waals surface area (Å²) >= 11 is 19.0. The van der Waals surface area contributed by atoms with Gasteiger partial charge in [-0.25, -0.2) is 0 Å². The van der Waals surface area contributed by atoms with E-state index in [1.165, 1.54) is 6.07 Å². The van der Waals surface area contributed by atoms with Crippen LogP contribution in [-0.2, 0) is 24.3 Å². The molecule has 0 atom stereocenters. The number of benzene rings is 4. The Bertz CT molecular complexity index is 1760. The van der Waals surface area contributed by atoms with E-state index in [9.17, 15) is 14.7 Å². The number of aromatic hydroxyl groups is 1. The molecule has 0 spiro atoms. The highest BCUT2D eigenvalue weighted by Crippen LogP contribution is 2.43. The number of hydrogen-bond acceptors (Lipinski definition) is 6. The quantitative estimate of drug-likeness (QED) is 0.0418. The van der Waals surface area contributed by atoms with E-state index in [1.807, 2.05) is 13.8 Å². The SMILES string of the molecule is CC(C)Nc1cc(Cl)c(-c2cc(N)cc(C(=O)NCc3ccc(Cl)cc3Cl)c2)c(CC(=O)NCc2ccc(C(=N)N)cc2)c1O. The molecule has 0 heterocycles. The van der Waals surface area contributed by atoms with Gasteiger partial charge in [-0.1, -0.05) is 65.1 Å². The monoisotopic (exact) mass is 666 g/mol. The third-order valence-electron chi connectivity index (χ3n) is 6.85. The maximum absolute atomic E-state index is 13.2. The van der Waals surface area contributed by atoms with Gasteiger partial charge in [-0.05, 0) is 66.9 Å². The van der Waals surface area contributed by atoms with Gasteiger partial charge in [0.1, 0.15) is 11.6 Å². The molecule has 0 aliphatic carbocycles. The second-order valence-electron chi connectivity index (χ2n) is 10.7. The van der Waals surface area contributed by atoms with Gasteiger partial charge >= 0.3 is 0 Å². The Morgan fingerprint density at radius 1 is 0.889 bits per heavy atom. The van der Waals surface area contributed by atoms with Crippen molar-refractivity contribution in [1.82, 2.24) is 10.6 Å². The molecule has 4 aromatic carbocycles. The molecule has 234 valence electrons. The lowest BCUT2D eigenvalue weighted by molar-refractivity contribution is -0.120. The predicted octanol–water partition coefficient (Wildman–Crippen LogP) is 6.49. The molecule has 0 radical (unpaired) electrons. The first kappa shape index (κ1) is 33.5. The number of nitrogens with two attached hydrogens (primary N) is 2. The Kier molecular flexibility index (Phi) is 10.8. The van der Waals surface area contributed by atoms with Crippen molar-refractivity contribution in [2.75, 3.05) is 11.1 Å². The van der Waals surface area contributed by atoms with Gasteiger partial charge in [0.05, 0.1) is 17.1 Å². The van der Waals surface area contributed by atoms with Crippen LogP contribution in [0.4, 0.5) is 11.4 Å². The van der Waals surface area contributed by atoms with Crippen LogP contribution in [0.5, 0.6) is 5.75 Å². The number of phenolic OH excluding ortho intramolecular Hbond substituents is 1. The maximum Gasteiger partial charge on any atom is 0.251 e. The summed E-state index contributed by atoms with van der Waals surface area (Å²) in [6, 6.07) is 18.2. The van der Waals surface area contributed by atoms with E-state index >= 15 is 0 Å². The summed E-state index contributed by atoms with van der Waals surface area (Å²) in [6.07, 6.45) is -0.217. The highest BCUT2D eigenvalue weighted by atomic mass is 35.5. The summed E-state index contributed by atoms with van der Waals surface area (Å²) in [6.45, 7) is 4.18. The average molecular weight is 668 g/mol. The smallest absolute Gasteiger partial charge is 0.251 e. The van der Waals surface area contributed by atoms with Crippen molar-refractivity contribution >= 4 is 63.8 Å². The number of rotatable bonds is 11. The van der Waals surface area contributed by atoms with E-state index in [0.717, 1.165) is 5.56 Å². The Morgan fingerprint density at radius 2 is 1.60 bits per heavy atom. The Balaban J connectivity index is 1.64. The molecule has 9 nitrogen and oxygen atoms in total. The number of amides is 2. The fraction of sp³-hybridized carbons (Fsp3) is 0.182. The maximum atomic E-state index is 13.2. The molecule has 0 aliphatic heterocycles. The fourth-order valence-corrected chi connectivity index (χ4v) is 5.50. The Morgan fingerprint density at radius 3 is 2.24 bits per heavy atom. The number of nitrogens with one attached hydrogen (secondary N) is 4. The summed E-state index contributed by atoms with van der Waals surface area (Å²) in [5.41, 5.74) is 15.8. The van der Waals surface area contributed by atoms with Crippen molar-refractivity contribution in [3.63, 3.8) is 0 Å². The Hall–Kier alpha value is -4.44. The molecular formula is C33H33Cl3N6O3. The topological polar surface area (TPSA) is 166 Å². The number of halogens is 3. The van der Waals surface area contributed by atoms with Crippen LogP contribution in [0, 0.1) is 5.41 Å². The minimum absolute atomic E-state index is 0.0331. The standard InChI is InChI=1S/C33H33Cl3N6O3/c1-17(2)42-28-14-27(36)30(25(31(28)44)13-29(43)40-15-18-3-5-19(6-4-18)32(38)39)21-9-22(11-24(37)10-21)33(45)41-16-20-7-8-23(34)12-26(20)35/h3-12,14,17,42,44H,13,15-16,37H2,1-2H3,(H3,38,39)(H,40,43)(H,41,45). The Labute approximate surface area is 276 Å². The normalized spacial score (nSPS) is 10.9. The summed E-state index contributed by atoms with van der Waals surface area (Å²) in [5.74, 6) is -0.979. The highest BCUT2D eigenvalue weighted by Gasteiger charge is 2.22. The number of amidine groups is 1. The molecule has 4 rings (SSSR count). The van der Waals surface area contributed by atoms with Crippen LogP contribution in [0.15, 0.2) is 66.7 Å². The van der Waals surface area contributed by atoms with E-state index in [4.69, 9.17) is 51.7 Å². The third kappa shape index (κ3) is 8.60. The van der Waals surface area contributed by atoms with Crippen LogP contribution in [0.25, 0.3) is 11.1 Å². The van der Waals surface area contributed by atoms with Crippen molar-refractivity contribution in [2.24, 2.45) is 5.73 Å². The zero-order valence-corrected chi connectivity index (χ0v) is 26.9. The minimum Gasteiger partial charge on any atom is -0.505 e. The predicted molar refractivity (Wildman–Crippen MR) is 182 cm³/mol. The largest absolute Gasteiger partial charge is 0.505 e. The molecule has 0 aromatic heterocycles. The van der Waals surface area contributed by atoms with Crippen molar-refractivity contribution < 1.29 is 14.7 Å². The summed E-state index contributed by atoms with van der Waals surface area (Å²) < 4.78 is 0. The lowest BCUT2D eigenvalue weighted by atomic mass is 9.93. The van der Waals surface area contributed by atoms with Crippen LogP contribution in [0.1, 0.15) is 46.5 Å². The lowest BCUT2D eigenvalue weighted by Crippen LogP contribution is -2.25. The number of nitrogen functional groups attached to an aromatic ring is 2. The van der Waals surface area contributed by atoms with Gasteiger partial charge in [-0.15, -0.1) is 0 Å². The fourth-order valence-electron chi connectivity index (χ4n) is 4.69. The molecular weight excluding hydrogens is 635 g/mol. The van der Waals surface area contributed by atoms with Gasteiger partial charge in [0, 0.05) is 57.1 Å². The van der Waals surface area contributed by atoms with Crippen LogP contribution >= 0.6 is 34.8 Å². The first-order chi connectivity index (χ1) is 21.3. The van der Waals surface area contributed by atoms with Gasteiger partial charge in [0.2, 0.25) is 5.91 Å². The minimum atomic E-state index is -0.414. The molecule has 0 aliphatic rings. The van der Waals surface area contributed by atoms with Crippen molar-refractivity contribution in [1.29, 1.82) is 5.41 Å². The first-order valence-corrected chi connectivity index (χ1v) is 15.1. The number of phenols is 1. The van der Waals surface area contributed by atoms with E-state index in [0.29, 0.717) is 38.0 Å². The summed E-state index contributed by atoms with van der Waals surface area (Å²) in [5, 5.41) is 28.9. The second-order valence-corrected chi connectivity index (χ2v) is 12.0. The van der Waals surface area contributed by atoms with Crippen molar-refractivity contribution in [2.45, 2.75) is 39.4 Å².